The summed E-state index contributed by atoms with van der Waals surface area (Å²) in [5.74, 6) is 4.60. The van der Waals surface area contributed by atoms with Gasteiger partial charge in [-0.1, -0.05) is 19.4 Å². The lowest BCUT2D eigenvalue weighted by Gasteiger charge is -2.49. The Hall–Kier alpha value is -4.73. The van der Waals surface area contributed by atoms with Crippen molar-refractivity contribution in [1.82, 2.24) is 9.80 Å². The highest BCUT2D eigenvalue weighted by Gasteiger charge is 2.45. The maximum atomic E-state index is 15.5. The van der Waals surface area contributed by atoms with Crippen LogP contribution in [0.25, 0.3) is 0 Å². The summed E-state index contributed by atoms with van der Waals surface area (Å²) in [6, 6.07) is 14.4. The van der Waals surface area contributed by atoms with Gasteiger partial charge in [0, 0.05) is 50.7 Å². The molecule has 1 amide bonds. The Kier molecular flexibility index (Phi) is 15.1. The Morgan fingerprint density at radius 1 is 0.781 bits per heavy atom. The van der Waals surface area contributed by atoms with Gasteiger partial charge in [-0.15, -0.1) is 0 Å². The van der Waals surface area contributed by atoms with Crippen LogP contribution in [0.2, 0.25) is 0 Å². The zero-order valence-electron chi connectivity index (χ0n) is 38.3. The third kappa shape index (κ3) is 9.48. The van der Waals surface area contributed by atoms with Crippen LogP contribution >= 0.6 is 0 Å². The predicted molar refractivity (Wildman–Crippen MR) is 238 cm³/mol. The lowest BCUT2D eigenvalue weighted by Crippen LogP contribution is -2.48. The number of nitrogens with zero attached hydrogens (tertiary/aromatic N) is 2. The van der Waals surface area contributed by atoms with Crippen molar-refractivity contribution in [3.63, 3.8) is 0 Å². The Morgan fingerprint density at radius 3 is 2.16 bits per heavy atom. The van der Waals surface area contributed by atoms with Crippen molar-refractivity contribution < 1.29 is 57.3 Å². The van der Waals surface area contributed by atoms with E-state index < -0.39 is 6.29 Å². The molecular formula is C50H66N2O12. The number of hydrogen-bond acceptors (Lipinski definition) is 13. The number of hydrogen-bond donors (Lipinski definition) is 1. The van der Waals surface area contributed by atoms with E-state index in [0.29, 0.717) is 80.6 Å². The molecule has 1 saturated heterocycles. The number of carbonyl (C=O) groups is 1. The largest absolute Gasteiger partial charge is 0.493 e. The molecule has 14 heteroatoms. The number of allylic oxidation sites excluding steroid dienone is 1. The maximum absolute atomic E-state index is 15.5. The summed E-state index contributed by atoms with van der Waals surface area (Å²) in [5, 5.41) is 9.09. The molecule has 0 unspecified atom stereocenters. The molecule has 14 nitrogen and oxygen atoms in total. The van der Waals surface area contributed by atoms with E-state index in [2.05, 4.69) is 36.1 Å². The molecule has 5 heterocycles. The molecule has 3 aromatic carbocycles. The summed E-state index contributed by atoms with van der Waals surface area (Å²) in [5.41, 5.74) is 5.81. The molecular weight excluding hydrogens is 821 g/mol. The molecule has 0 aromatic heterocycles. The molecule has 0 radical (unpaired) electrons. The highest BCUT2D eigenvalue weighted by Crippen LogP contribution is 2.50. The lowest BCUT2D eigenvalue weighted by molar-refractivity contribution is -0.173. The van der Waals surface area contributed by atoms with Crippen molar-refractivity contribution in [3.8, 4) is 34.5 Å². The average Bonchev–Trinajstić information content (AvgIpc) is 3.81. The van der Waals surface area contributed by atoms with Crippen LogP contribution in [0.4, 0.5) is 0 Å². The molecule has 0 bridgehead atoms. The van der Waals surface area contributed by atoms with Gasteiger partial charge in [-0.2, -0.15) is 0 Å². The van der Waals surface area contributed by atoms with E-state index in [1.54, 1.807) is 28.4 Å². The summed E-state index contributed by atoms with van der Waals surface area (Å²) < 4.78 is 59.2. The fraction of sp³-hybridized carbons (Fsp3) is 0.580. The number of aliphatic hydroxyl groups is 1. The molecule has 7 atom stereocenters. The second-order valence-electron chi connectivity index (χ2n) is 17.2. The van der Waals surface area contributed by atoms with Gasteiger partial charge in [0.15, 0.2) is 40.3 Å². The predicted octanol–water partition coefficient (Wildman–Crippen LogP) is 7.00. The van der Waals surface area contributed by atoms with Crippen LogP contribution in [-0.2, 0) is 36.6 Å². The first-order valence-corrected chi connectivity index (χ1v) is 23.0. The van der Waals surface area contributed by atoms with Gasteiger partial charge in [-0.25, -0.2) is 0 Å². The van der Waals surface area contributed by atoms with E-state index in [1.165, 1.54) is 11.1 Å². The SMILES string of the molecule is CCO[C@H]1OC(C(=O)N2CCc3cc(OC)c(OC)cc3[C@H]2C[C@H]2C[C@H]3c4cc(OC)c(OC)cc4CCN3C[C@@H]2CC)=C[C@@H](c2ccc3c(c2)OCO3)[C@@H]1CCOCCOCCO. The van der Waals surface area contributed by atoms with Crippen molar-refractivity contribution in [1.29, 1.82) is 0 Å². The summed E-state index contributed by atoms with van der Waals surface area (Å²) >= 11 is 0. The van der Waals surface area contributed by atoms with Crippen LogP contribution in [-0.4, -0.2) is 122 Å². The summed E-state index contributed by atoms with van der Waals surface area (Å²) in [6.07, 6.45) is 6.26. The molecule has 8 rings (SSSR count). The van der Waals surface area contributed by atoms with E-state index in [1.807, 2.05) is 36.1 Å². The number of carbonyl (C=O) groups excluding carboxylic acids is 1. The molecule has 1 N–H and O–H groups in total. The van der Waals surface area contributed by atoms with Gasteiger partial charge in [-0.05, 0) is 121 Å². The van der Waals surface area contributed by atoms with Crippen LogP contribution in [0.5, 0.6) is 34.5 Å². The molecule has 5 aliphatic heterocycles. The highest BCUT2D eigenvalue weighted by atomic mass is 16.7. The summed E-state index contributed by atoms with van der Waals surface area (Å²) in [7, 11) is 6.72. The number of rotatable bonds is 19. The number of ether oxygens (including phenoxy) is 10. The number of benzene rings is 3. The van der Waals surface area contributed by atoms with Crippen LogP contribution in [0.1, 0.15) is 85.3 Å². The number of fused-ring (bicyclic) bond motifs is 5. The topological polar surface area (TPSA) is 136 Å². The third-order valence-corrected chi connectivity index (χ3v) is 14.0. The monoisotopic (exact) mass is 886 g/mol. The van der Waals surface area contributed by atoms with E-state index in [0.717, 1.165) is 67.0 Å². The molecule has 348 valence electrons. The lowest BCUT2D eigenvalue weighted by atomic mass is 9.72. The van der Waals surface area contributed by atoms with E-state index in [9.17, 15) is 0 Å². The van der Waals surface area contributed by atoms with Gasteiger partial charge < -0.3 is 57.4 Å². The van der Waals surface area contributed by atoms with E-state index in [4.69, 9.17) is 52.5 Å². The first-order chi connectivity index (χ1) is 31.3. The highest BCUT2D eigenvalue weighted by molar-refractivity contribution is 5.92. The van der Waals surface area contributed by atoms with E-state index in [-0.39, 0.29) is 55.6 Å². The number of piperidine rings is 1. The molecule has 1 fully saturated rings. The average molecular weight is 887 g/mol. The molecule has 0 aliphatic carbocycles. The fourth-order valence-electron chi connectivity index (χ4n) is 10.7. The Labute approximate surface area is 377 Å². The zero-order chi connectivity index (χ0) is 44.7. The molecule has 64 heavy (non-hydrogen) atoms. The molecule has 3 aromatic rings. The maximum Gasteiger partial charge on any atom is 0.289 e. The smallest absolute Gasteiger partial charge is 0.289 e. The fourth-order valence-corrected chi connectivity index (χ4v) is 10.7. The van der Waals surface area contributed by atoms with Gasteiger partial charge in [0.25, 0.3) is 5.91 Å². The van der Waals surface area contributed by atoms with Gasteiger partial charge >= 0.3 is 0 Å². The van der Waals surface area contributed by atoms with Gasteiger partial charge in [-0.3, -0.25) is 9.69 Å². The van der Waals surface area contributed by atoms with Crippen molar-refractivity contribution in [2.45, 2.75) is 76.7 Å². The molecule has 0 spiro atoms. The van der Waals surface area contributed by atoms with Crippen molar-refractivity contribution in [2.75, 3.05) is 94.5 Å². The van der Waals surface area contributed by atoms with Crippen LogP contribution < -0.4 is 28.4 Å². The molecule has 0 saturated carbocycles. The summed E-state index contributed by atoms with van der Waals surface area (Å²) in [6.45, 7) is 8.72. The van der Waals surface area contributed by atoms with Gasteiger partial charge in [0.1, 0.15) is 0 Å². The van der Waals surface area contributed by atoms with Crippen molar-refractivity contribution in [2.24, 2.45) is 17.8 Å². The normalized spacial score (nSPS) is 24.8. The minimum absolute atomic E-state index is 0.0337. The Balaban J connectivity index is 1.14. The van der Waals surface area contributed by atoms with Gasteiger partial charge in [0.2, 0.25) is 13.1 Å². The van der Waals surface area contributed by atoms with Crippen LogP contribution in [0, 0.1) is 17.8 Å². The summed E-state index contributed by atoms with van der Waals surface area (Å²) in [4.78, 5) is 20.2. The second kappa shape index (κ2) is 21.1. The number of aliphatic hydroxyl groups excluding tert-OH is 1. The van der Waals surface area contributed by atoms with Crippen LogP contribution in [0.3, 0.4) is 0 Å². The third-order valence-electron chi connectivity index (χ3n) is 14.0. The van der Waals surface area contributed by atoms with Crippen molar-refractivity contribution >= 4 is 5.91 Å². The second-order valence-corrected chi connectivity index (χ2v) is 17.2. The van der Waals surface area contributed by atoms with E-state index >= 15 is 4.79 Å². The van der Waals surface area contributed by atoms with Crippen molar-refractivity contribution in [3.05, 3.63) is 82.1 Å². The Bertz CT molecular complexity index is 2110. The van der Waals surface area contributed by atoms with Crippen LogP contribution in [0.15, 0.2) is 54.3 Å². The quantitative estimate of drug-likeness (QED) is 0.124. The minimum Gasteiger partial charge on any atom is -0.493 e. The standard InChI is InChI=1S/C50H66N2O12/c1-7-31-29-51-14-11-33-23-43(55-3)45(57-5)27-38(33)40(51)21-35(31)22-41-39-28-46(58-6)44(56-4)24-34(39)12-15-52(41)49(54)48-26-37(32-9-10-42-47(25-32)63-30-62-42)36(50(64-48)61-8-2)13-17-59-19-20-60-18-16-53/h9-10,23-28,31,35-37,40-41,50,53H,7-8,11-22,29-30H2,1-6H3/t31-,35+,36-,37-,40-,41+,50-/m0/s1. The first-order valence-electron chi connectivity index (χ1n) is 23.0. The Morgan fingerprint density at radius 2 is 1.45 bits per heavy atom. The first kappa shape index (κ1) is 45.8. The zero-order valence-corrected chi connectivity index (χ0v) is 38.3. The van der Waals surface area contributed by atoms with Gasteiger partial charge in [0.05, 0.1) is 60.9 Å². The minimum atomic E-state index is -0.714. The number of methoxy groups -OCH3 is 4. The molecule has 5 aliphatic rings. The number of amides is 1.